The normalized spacial score (nSPS) is 11.0. The molecule has 1 N–H and O–H groups in total. The summed E-state index contributed by atoms with van der Waals surface area (Å²) in [6.07, 6.45) is 7.74. The van der Waals surface area contributed by atoms with E-state index in [9.17, 15) is 14.9 Å². The lowest BCUT2D eigenvalue weighted by molar-refractivity contribution is -0.142. The SMILES string of the molecule is C/C=C/C=C/C(=O)OCC(=O)Nc1c(C#N)c(C)c(C)n1Cc1ccco1. The van der Waals surface area contributed by atoms with Crippen LogP contribution in [0.5, 0.6) is 0 Å². The lowest BCUT2D eigenvalue weighted by atomic mass is 10.2. The highest BCUT2D eigenvalue weighted by Gasteiger charge is 2.20. The first kappa shape index (κ1) is 19.8. The quantitative estimate of drug-likeness (QED) is 0.460. The largest absolute Gasteiger partial charge is 0.467 e. The molecule has 140 valence electrons. The molecule has 0 saturated carbocycles. The minimum atomic E-state index is -0.623. The van der Waals surface area contributed by atoms with Crippen LogP contribution in [0.25, 0.3) is 0 Å². The van der Waals surface area contributed by atoms with E-state index in [2.05, 4.69) is 11.4 Å². The third-order valence-corrected chi connectivity index (χ3v) is 3.97. The number of nitrogens with zero attached hydrogens (tertiary/aromatic N) is 2. The fourth-order valence-electron chi connectivity index (χ4n) is 2.48. The van der Waals surface area contributed by atoms with Gasteiger partial charge in [0.1, 0.15) is 17.6 Å². The van der Waals surface area contributed by atoms with Crippen molar-refractivity contribution in [2.75, 3.05) is 11.9 Å². The van der Waals surface area contributed by atoms with Gasteiger partial charge in [0.05, 0.1) is 18.4 Å². The summed E-state index contributed by atoms with van der Waals surface area (Å²) in [5, 5.41) is 12.1. The Morgan fingerprint density at radius 3 is 2.78 bits per heavy atom. The Morgan fingerprint density at radius 2 is 2.15 bits per heavy atom. The predicted octanol–water partition coefficient (Wildman–Crippen LogP) is 3.23. The first-order valence-electron chi connectivity index (χ1n) is 8.36. The van der Waals surface area contributed by atoms with E-state index < -0.39 is 18.5 Å². The Balaban J connectivity index is 2.14. The zero-order valence-electron chi connectivity index (χ0n) is 15.5. The summed E-state index contributed by atoms with van der Waals surface area (Å²) in [6.45, 7) is 5.41. The molecular weight excluding hydrogens is 346 g/mol. The minimum Gasteiger partial charge on any atom is -0.467 e. The first-order valence-corrected chi connectivity index (χ1v) is 8.36. The van der Waals surface area contributed by atoms with Gasteiger partial charge in [-0.1, -0.05) is 18.2 Å². The van der Waals surface area contributed by atoms with Crippen LogP contribution in [0.4, 0.5) is 5.82 Å². The maximum atomic E-state index is 12.2. The summed E-state index contributed by atoms with van der Waals surface area (Å²) in [7, 11) is 0. The van der Waals surface area contributed by atoms with Crippen LogP contribution in [0.3, 0.4) is 0 Å². The maximum Gasteiger partial charge on any atom is 0.331 e. The van der Waals surface area contributed by atoms with Gasteiger partial charge in [-0.3, -0.25) is 4.79 Å². The number of aromatic nitrogens is 1. The number of esters is 1. The zero-order chi connectivity index (χ0) is 19.8. The van der Waals surface area contributed by atoms with E-state index in [0.717, 1.165) is 11.3 Å². The van der Waals surface area contributed by atoms with Crippen molar-refractivity contribution in [3.63, 3.8) is 0 Å². The Kier molecular flexibility index (Phi) is 6.78. The maximum absolute atomic E-state index is 12.2. The van der Waals surface area contributed by atoms with Crippen LogP contribution in [0.2, 0.25) is 0 Å². The number of carbonyl (C=O) groups excluding carboxylic acids is 2. The van der Waals surface area contributed by atoms with Gasteiger partial charge in [0, 0.05) is 11.8 Å². The molecule has 2 aromatic rings. The molecule has 0 aliphatic heterocycles. The van der Waals surface area contributed by atoms with Gasteiger partial charge in [-0.2, -0.15) is 5.26 Å². The third kappa shape index (κ3) is 4.98. The molecule has 7 heteroatoms. The number of nitrogens with one attached hydrogen (secondary N) is 1. The van der Waals surface area contributed by atoms with Crippen LogP contribution in [0.1, 0.15) is 29.5 Å². The van der Waals surface area contributed by atoms with E-state index >= 15 is 0 Å². The van der Waals surface area contributed by atoms with Gasteiger partial charge in [-0.15, -0.1) is 0 Å². The number of hydrogen-bond acceptors (Lipinski definition) is 5. The van der Waals surface area contributed by atoms with Crippen molar-refractivity contribution >= 4 is 17.7 Å². The highest BCUT2D eigenvalue weighted by molar-refractivity contribution is 5.94. The first-order chi connectivity index (χ1) is 13.0. The van der Waals surface area contributed by atoms with E-state index in [4.69, 9.17) is 9.15 Å². The van der Waals surface area contributed by atoms with Crippen molar-refractivity contribution in [2.45, 2.75) is 27.3 Å². The monoisotopic (exact) mass is 367 g/mol. The highest BCUT2D eigenvalue weighted by Crippen LogP contribution is 2.27. The number of ether oxygens (including phenoxy) is 1. The summed E-state index contributed by atoms with van der Waals surface area (Å²) in [4.78, 5) is 23.8. The number of hydrogen-bond donors (Lipinski definition) is 1. The van der Waals surface area contributed by atoms with Crippen LogP contribution in [0, 0.1) is 25.2 Å². The second-order valence-electron chi connectivity index (χ2n) is 5.75. The summed E-state index contributed by atoms with van der Waals surface area (Å²) < 4.78 is 12.0. The molecule has 2 rings (SSSR count). The molecule has 1 amide bonds. The molecule has 2 heterocycles. The molecule has 0 atom stereocenters. The van der Waals surface area contributed by atoms with Gasteiger partial charge < -0.3 is 19.0 Å². The summed E-state index contributed by atoms with van der Waals surface area (Å²) in [6, 6.07) is 5.70. The number of furan rings is 1. The molecule has 0 aromatic carbocycles. The van der Waals surface area contributed by atoms with Gasteiger partial charge in [0.2, 0.25) is 0 Å². The summed E-state index contributed by atoms with van der Waals surface area (Å²) >= 11 is 0. The number of rotatable bonds is 7. The average molecular weight is 367 g/mol. The third-order valence-electron chi connectivity index (χ3n) is 3.97. The molecule has 7 nitrogen and oxygen atoms in total. The van der Waals surface area contributed by atoms with Crippen LogP contribution in [0.15, 0.2) is 47.1 Å². The molecule has 0 saturated heterocycles. The van der Waals surface area contributed by atoms with Crippen molar-refractivity contribution < 1.29 is 18.7 Å². The Morgan fingerprint density at radius 1 is 1.37 bits per heavy atom. The molecule has 0 bridgehead atoms. The number of anilines is 1. The van der Waals surface area contributed by atoms with Gasteiger partial charge >= 0.3 is 5.97 Å². The fraction of sp³-hybridized carbons (Fsp3) is 0.250. The van der Waals surface area contributed by atoms with Crippen molar-refractivity contribution in [2.24, 2.45) is 0 Å². The molecule has 0 aliphatic carbocycles. The fourth-order valence-corrected chi connectivity index (χ4v) is 2.48. The van der Waals surface area contributed by atoms with Crippen molar-refractivity contribution in [1.29, 1.82) is 5.26 Å². The standard InChI is InChI=1S/C20H21N3O4/c1-4-5-6-9-19(25)27-13-18(24)22-20-17(11-21)14(2)15(3)23(20)12-16-8-7-10-26-16/h4-10H,12-13H2,1-3H3,(H,22,24)/b5-4+,9-6+. The van der Waals surface area contributed by atoms with E-state index in [0.29, 0.717) is 23.7 Å². The molecule has 0 aliphatic rings. The Labute approximate surface area is 157 Å². The molecule has 0 unspecified atom stereocenters. The lowest BCUT2D eigenvalue weighted by Crippen LogP contribution is -2.22. The lowest BCUT2D eigenvalue weighted by Gasteiger charge is -2.12. The van der Waals surface area contributed by atoms with Gasteiger partial charge in [0.25, 0.3) is 5.91 Å². The molecule has 0 radical (unpaired) electrons. The number of nitriles is 1. The number of amides is 1. The van der Waals surface area contributed by atoms with Gasteiger partial charge in [-0.05, 0) is 38.5 Å². The molecule has 2 aromatic heterocycles. The van der Waals surface area contributed by atoms with E-state index in [-0.39, 0.29) is 0 Å². The van der Waals surface area contributed by atoms with Crippen LogP contribution in [-0.2, 0) is 20.9 Å². The van der Waals surface area contributed by atoms with Crippen molar-refractivity contribution in [1.82, 2.24) is 4.57 Å². The average Bonchev–Trinajstić information content (AvgIpc) is 3.23. The summed E-state index contributed by atoms with van der Waals surface area (Å²) in [5.41, 5.74) is 1.97. The highest BCUT2D eigenvalue weighted by atomic mass is 16.5. The van der Waals surface area contributed by atoms with Crippen molar-refractivity contribution in [3.8, 4) is 6.07 Å². The Bertz CT molecular complexity index is 912. The van der Waals surface area contributed by atoms with Gasteiger partial charge in [0.15, 0.2) is 6.61 Å². The van der Waals surface area contributed by atoms with Crippen molar-refractivity contribution in [3.05, 3.63) is 65.3 Å². The van der Waals surface area contributed by atoms with E-state index in [1.54, 1.807) is 29.0 Å². The second kappa shape index (κ2) is 9.25. The minimum absolute atomic E-state index is 0.356. The van der Waals surface area contributed by atoms with Crippen LogP contribution in [-0.4, -0.2) is 23.1 Å². The molecule has 27 heavy (non-hydrogen) atoms. The van der Waals surface area contributed by atoms with Crippen LogP contribution >= 0.6 is 0 Å². The second-order valence-corrected chi connectivity index (χ2v) is 5.75. The number of allylic oxidation sites excluding steroid dienone is 3. The molecule has 0 fully saturated rings. The molecule has 0 spiro atoms. The van der Waals surface area contributed by atoms with Crippen LogP contribution < -0.4 is 5.32 Å². The van der Waals surface area contributed by atoms with Gasteiger partial charge in [-0.25, -0.2) is 4.79 Å². The molecular formula is C20H21N3O4. The topological polar surface area (TPSA) is 97.3 Å². The number of carbonyl (C=O) groups is 2. The van der Waals surface area contributed by atoms with E-state index in [1.807, 2.05) is 26.8 Å². The zero-order valence-corrected chi connectivity index (χ0v) is 15.5. The Hall–Kier alpha value is -3.53. The smallest absolute Gasteiger partial charge is 0.331 e. The predicted molar refractivity (Wildman–Crippen MR) is 100.0 cm³/mol. The van der Waals surface area contributed by atoms with E-state index in [1.165, 1.54) is 12.2 Å². The summed E-state index contributed by atoms with van der Waals surface area (Å²) in [5.74, 6) is -0.109.